The first-order chi connectivity index (χ1) is 13.7. The number of likely N-dealkylation sites (N-methyl/N-ethyl adjacent to an activating group) is 1. The van der Waals surface area contributed by atoms with Crippen LogP contribution in [0.25, 0.3) is 0 Å². The molecule has 1 N–H and O–H groups in total. The Morgan fingerprint density at radius 3 is 2.36 bits per heavy atom. The van der Waals surface area contributed by atoms with Crippen LogP contribution in [0.3, 0.4) is 0 Å². The summed E-state index contributed by atoms with van der Waals surface area (Å²) in [4.78, 5) is 2.59. The maximum Gasteiger partial charge on any atom is 0.0655 e. The summed E-state index contributed by atoms with van der Waals surface area (Å²) >= 11 is 0. The molecule has 0 atom stereocenters. The van der Waals surface area contributed by atoms with Crippen molar-refractivity contribution in [3.05, 3.63) is 60.2 Å². The molecule has 0 amide bonds. The molecule has 1 fully saturated rings. The van der Waals surface area contributed by atoms with Gasteiger partial charge in [0.05, 0.1) is 12.2 Å². The Morgan fingerprint density at radius 1 is 1.07 bits per heavy atom. The first-order valence-corrected chi connectivity index (χ1v) is 10.4. The molecule has 3 nitrogen and oxygen atoms in total. The van der Waals surface area contributed by atoms with E-state index in [-0.39, 0.29) is 5.60 Å². The lowest BCUT2D eigenvalue weighted by molar-refractivity contribution is -0.0513. The molecule has 0 spiro atoms. The molecule has 3 heteroatoms. The van der Waals surface area contributed by atoms with Gasteiger partial charge in [0.2, 0.25) is 0 Å². The van der Waals surface area contributed by atoms with Crippen LogP contribution in [-0.4, -0.2) is 43.8 Å². The van der Waals surface area contributed by atoms with E-state index in [9.17, 15) is 0 Å². The second-order valence-corrected chi connectivity index (χ2v) is 7.47. The minimum Gasteiger partial charge on any atom is -0.375 e. The molecule has 2 rings (SSSR count). The number of ether oxygens (including phenoxy) is 1. The van der Waals surface area contributed by atoms with E-state index in [0.717, 1.165) is 39.0 Å². The summed E-state index contributed by atoms with van der Waals surface area (Å²) in [7, 11) is 1.96. The van der Waals surface area contributed by atoms with Crippen molar-refractivity contribution in [1.29, 1.82) is 0 Å². The average molecular weight is 383 g/mol. The summed E-state index contributed by atoms with van der Waals surface area (Å²) in [6.45, 7) is 7.45. The van der Waals surface area contributed by atoms with Crippen molar-refractivity contribution >= 4 is 0 Å². The highest BCUT2D eigenvalue weighted by atomic mass is 16.5. The number of nitrogens with zero attached hydrogens (tertiary/aromatic N) is 1. The number of rotatable bonds is 9. The monoisotopic (exact) mass is 382 g/mol. The Hall–Kier alpha value is -1.86. The van der Waals surface area contributed by atoms with E-state index >= 15 is 0 Å². The van der Waals surface area contributed by atoms with Crippen LogP contribution in [0.15, 0.2) is 54.6 Å². The quantitative estimate of drug-likeness (QED) is 0.377. The molecule has 28 heavy (non-hydrogen) atoms. The Bertz CT molecular complexity index is 567. The number of hydrogen-bond donors (Lipinski definition) is 1. The van der Waals surface area contributed by atoms with Gasteiger partial charge >= 0.3 is 0 Å². The van der Waals surface area contributed by atoms with Crippen LogP contribution < -0.4 is 5.32 Å². The van der Waals surface area contributed by atoms with Crippen molar-refractivity contribution in [2.24, 2.45) is 0 Å². The van der Waals surface area contributed by atoms with Gasteiger partial charge in [-0.3, -0.25) is 4.90 Å². The van der Waals surface area contributed by atoms with Crippen molar-refractivity contribution in [3.63, 3.8) is 0 Å². The van der Waals surface area contributed by atoms with E-state index in [4.69, 9.17) is 4.74 Å². The SMILES string of the molecule is C#C.CNC/C=C\C=C/CCOC1(C)CCCN(Cc2ccccc2)CCC1. The van der Waals surface area contributed by atoms with Crippen LogP contribution >= 0.6 is 0 Å². The van der Waals surface area contributed by atoms with Crippen molar-refractivity contribution in [2.75, 3.05) is 33.3 Å². The fourth-order valence-electron chi connectivity index (χ4n) is 3.55. The van der Waals surface area contributed by atoms with Crippen LogP contribution in [0.5, 0.6) is 0 Å². The van der Waals surface area contributed by atoms with Crippen LogP contribution in [0, 0.1) is 12.8 Å². The molecule has 154 valence electrons. The lowest BCUT2D eigenvalue weighted by Crippen LogP contribution is -2.36. The summed E-state index contributed by atoms with van der Waals surface area (Å²) in [6.07, 6.45) is 22.2. The average Bonchev–Trinajstić information content (AvgIpc) is 2.71. The van der Waals surface area contributed by atoms with Crippen LogP contribution in [0.4, 0.5) is 0 Å². The highest BCUT2D eigenvalue weighted by molar-refractivity contribution is 5.14. The van der Waals surface area contributed by atoms with Crippen LogP contribution in [0.1, 0.15) is 44.6 Å². The van der Waals surface area contributed by atoms with Crippen molar-refractivity contribution in [2.45, 2.75) is 51.2 Å². The van der Waals surface area contributed by atoms with E-state index in [0.29, 0.717) is 0 Å². The molecule has 0 saturated carbocycles. The minimum absolute atomic E-state index is 0.0502. The number of allylic oxidation sites excluding steroid dienone is 2. The maximum absolute atomic E-state index is 6.28. The van der Waals surface area contributed by atoms with Gasteiger partial charge in [0.1, 0.15) is 0 Å². The molecular weight excluding hydrogens is 344 g/mol. The summed E-state index contributed by atoms with van der Waals surface area (Å²) in [5.41, 5.74) is 1.47. The molecule has 0 unspecified atom stereocenters. The van der Waals surface area contributed by atoms with Gasteiger partial charge in [0, 0.05) is 13.1 Å². The first kappa shape index (κ1) is 24.2. The van der Waals surface area contributed by atoms with Crippen molar-refractivity contribution < 1.29 is 4.74 Å². The van der Waals surface area contributed by atoms with Gasteiger partial charge in [-0.1, -0.05) is 54.6 Å². The molecule has 0 aromatic heterocycles. The van der Waals surface area contributed by atoms with Gasteiger partial charge in [0.15, 0.2) is 0 Å². The minimum atomic E-state index is 0.0502. The van der Waals surface area contributed by atoms with Crippen LogP contribution in [0.2, 0.25) is 0 Å². The van der Waals surface area contributed by atoms with E-state index in [1.807, 2.05) is 7.05 Å². The van der Waals surface area contributed by atoms with Gasteiger partial charge in [-0.15, -0.1) is 12.8 Å². The fourth-order valence-corrected chi connectivity index (χ4v) is 3.55. The molecule has 1 heterocycles. The Morgan fingerprint density at radius 2 is 1.71 bits per heavy atom. The lowest BCUT2D eigenvalue weighted by Gasteiger charge is -2.35. The third kappa shape index (κ3) is 10.5. The second-order valence-electron chi connectivity index (χ2n) is 7.47. The molecular formula is C25H38N2O. The maximum atomic E-state index is 6.28. The Kier molecular flexibility index (Phi) is 13.0. The number of terminal acetylenes is 1. The molecule has 1 aliphatic rings. The van der Waals surface area contributed by atoms with Gasteiger partial charge in [-0.05, 0) is 64.7 Å². The third-order valence-corrected chi connectivity index (χ3v) is 5.05. The van der Waals surface area contributed by atoms with Gasteiger partial charge < -0.3 is 10.1 Å². The zero-order valence-corrected chi connectivity index (χ0v) is 17.8. The predicted molar refractivity (Wildman–Crippen MR) is 121 cm³/mol. The van der Waals surface area contributed by atoms with E-state index in [1.165, 1.54) is 31.5 Å². The molecule has 1 aromatic rings. The first-order valence-electron chi connectivity index (χ1n) is 10.4. The highest BCUT2D eigenvalue weighted by Gasteiger charge is 2.26. The zero-order chi connectivity index (χ0) is 20.5. The summed E-state index contributed by atoms with van der Waals surface area (Å²) in [5.74, 6) is 0. The Labute approximate surface area is 172 Å². The zero-order valence-electron chi connectivity index (χ0n) is 17.8. The van der Waals surface area contributed by atoms with Gasteiger partial charge in [0.25, 0.3) is 0 Å². The highest BCUT2D eigenvalue weighted by Crippen LogP contribution is 2.27. The van der Waals surface area contributed by atoms with E-state index < -0.39 is 0 Å². The second kappa shape index (κ2) is 15.1. The molecule has 1 saturated heterocycles. The largest absolute Gasteiger partial charge is 0.375 e. The summed E-state index contributed by atoms with van der Waals surface area (Å²) < 4.78 is 6.28. The summed E-state index contributed by atoms with van der Waals surface area (Å²) in [6, 6.07) is 10.8. The predicted octanol–water partition coefficient (Wildman–Crippen LogP) is 4.81. The Balaban J connectivity index is 0.00000190. The topological polar surface area (TPSA) is 24.5 Å². The van der Waals surface area contributed by atoms with Gasteiger partial charge in [-0.2, -0.15) is 0 Å². The molecule has 0 bridgehead atoms. The normalized spacial score (nSPS) is 17.7. The van der Waals surface area contributed by atoms with Crippen molar-refractivity contribution in [1.82, 2.24) is 10.2 Å². The number of likely N-dealkylation sites (tertiary alicyclic amines) is 1. The van der Waals surface area contributed by atoms with Gasteiger partial charge in [-0.25, -0.2) is 0 Å². The lowest BCUT2D eigenvalue weighted by atomic mass is 9.92. The number of benzene rings is 1. The van der Waals surface area contributed by atoms with Crippen LogP contribution in [-0.2, 0) is 11.3 Å². The third-order valence-electron chi connectivity index (χ3n) is 5.05. The molecule has 1 aromatic carbocycles. The molecule has 0 radical (unpaired) electrons. The fraction of sp³-hybridized carbons (Fsp3) is 0.520. The molecule has 1 aliphatic heterocycles. The summed E-state index contributed by atoms with van der Waals surface area (Å²) in [5, 5.41) is 3.10. The number of hydrogen-bond acceptors (Lipinski definition) is 3. The van der Waals surface area contributed by atoms with Crippen molar-refractivity contribution in [3.8, 4) is 12.8 Å². The molecule has 0 aliphatic carbocycles. The van der Waals surface area contributed by atoms with E-state index in [2.05, 4.69) is 84.6 Å². The smallest absolute Gasteiger partial charge is 0.0655 e. The standard InChI is InChI=1S/C23H36N2O.C2H2/c1-23(26-20-10-5-3-4-9-17-24-2)15-11-18-25(19-12-16-23)21-22-13-7-6-8-14-22;1-2/h3-9,13-14,24H,10-12,15-21H2,1-2H3;1-2H/b5-3-,9-4-;. The number of nitrogens with one attached hydrogen (secondary N) is 1. The van der Waals surface area contributed by atoms with E-state index in [1.54, 1.807) is 0 Å².